The Hall–Kier alpha value is -2.19. The third-order valence-corrected chi connectivity index (χ3v) is 6.02. The minimum Gasteiger partial charge on any atom is -0.483 e. The second kappa shape index (κ2) is 12.4. The minimum atomic E-state index is -0.250. The van der Waals surface area contributed by atoms with Gasteiger partial charge in [-0.1, -0.05) is 6.07 Å². The maximum atomic E-state index is 8.36. The number of nitrogens with zero attached hydrogens (tertiary/aromatic N) is 4. The van der Waals surface area contributed by atoms with E-state index in [1.807, 2.05) is 25.2 Å². The van der Waals surface area contributed by atoms with Gasteiger partial charge in [0, 0.05) is 38.9 Å². The van der Waals surface area contributed by atoms with E-state index in [2.05, 4.69) is 48.1 Å². The van der Waals surface area contributed by atoms with Crippen LogP contribution in [-0.4, -0.2) is 85.3 Å². The van der Waals surface area contributed by atoms with E-state index in [0.717, 1.165) is 36.3 Å². The highest BCUT2D eigenvalue weighted by atomic mass is 16.3. The quantitative estimate of drug-likeness (QED) is 0.715. The smallest absolute Gasteiger partial charge is 0.290 e. The molecule has 0 aromatic carbocycles. The molecule has 0 radical (unpaired) electrons. The van der Waals surface area contributed by atoms with E-state index in [1.54, 1.807) is 0 Å². The van der Waals surface area contributed by atoms with E-state index in [9.17, 15) is 0 Å². The first-order valence-corrected chi connectivity index (χ1v) is 9.91. The molecular weight excluding hydrogens is 372 g/mol. The average molecular weight is 409 g/mol. The maximum absolute atomic E-state index is 8.36. The molecule has 4 atom stereocenters. The first-order chi connectivity index (χ1) is 13.8. The van der Waals surface area contributed by atoms with Crippen LogP contribution in [0.25, 0.3) is 0 Å². The van der Waals surface area contributed by atoms with Gasteiger partial charge in [-0.3, -0.25) is 14.5 Å². The molecule has 3 rings (SSSR count). The van der Waals surface area contributed by atoms with Crippen LogP contribution >= 0.6 is 0 Å². The molecular formula is C21H36N4O4. The van der Waals surface area contributed by atoms with Gasteiger partial charge in [0.2, 0.25) is 0 Å². The van der Waals surface area contributed by atoms with Crippen LogP contribution in [0.5, 0.6) is 0 Å². The molecule has 1 aromatic heterocycles. The highest BCUT2D eigenvalue weighted by Gasteiger charge is 2.43. The third kappa shape index (κ3) is 7.62. The second-order valence-corrected chi connectivity index (χ2v) is 8.28. The highest BCUT2D eigenvalue weighted by molar-refractivity contribution is 5.37. The van der Waals surface area contributed by atoms with Crippen molar-refractivity contribution in [3.8, 4) is 0 Å². The molecule has 2 fully saturated rings. The summed E-state index contributed by atoms with van der Waals surface area (Å²) in [6.45, 7) is 0.516. The van der Waals surface area contributed by atoms with Crippen LogP contribution in [0.1, 0.15) is 31.2 Å². The molecule has 164 valence electrons. The van der Waals surface area contributed by atoms with Crippen molar-refractivity contribution < 1.29 is 19.8 Å². The zero-order valence-corrected chi connectivity index (χ0v) is 18.2. The number of carbonyl (C=O) groups is 2. The Morgan fingerprint density at radius 2 is 1.41 bits per heavy atom. The van der Waals surface area contributed by atoms with Gasteiger partial charge >= 0.3 is 0 Å². The maximum Gasteiger partial charge on any atom is 0.290 e. The molecule has 2 N–H and O–H groups in total. The lowest BCUT2D eigenvalue weighted by Crippen LogP contribution is -2.31. The lowest BCUT2D eigenvalue weighted by molar-refractivity contribution is -0.123. The first kappa shape index (κ1) is 24.8. The van der Waals surface area contributed by atoms with Gasteiger partial charge in [0.05, 0.1) is 0 Å². The number of aromatic nitrogens is 1. The van der Waals surface area contributed by atoms with Gasteiger partial charge in [-0.05, 0) is 70.3 Å². The SMILES string of the molecule is CN(C)c1ccc(CN(C)C2C[C@H]3CC(N(C)C)C[C@H]3C2)cn1.O=CO.O=CO. The van der Waals surface area contributed by atoms with Crippen molar-refractivity contribution in [2.24, 2.45) is 11.8 Å². The van der Waals surface area contributed by atoms with Gasteiger partial charge in [-0.25, -0.2) is 4.98 Å². The van der Waals surface area contributed by atoms with Crippen LogP contribution in [-0.2, 0) is 16.1 Å². The van der Waals surface area contributed by atoms with Gasteiger partial charge in [-0.15, -0.1) is 0 Å². The summed E-state index contributed by atoms with van der Waals surface area (Å²) in [4.78, 5) is 28.3. The molecule has 0 amide bonds. The molecule has 0 aliphatic heterocycles. The lowest BCUT2D eigenvalue weighted by atomic mass is 10.0. The van der Waals surface area contributed by atoms with Crippen molar-refractivity contribution in [2.75, 3.05) is 40.1 Å². The Morgan fingerprint density at radius 1 is 0.931 bits per heavy atom. The van der Waals surface area contributed by atoms with E-state index < -0.39 is 0 Å². The van der Waals surface area contributed by atoms with E-state index in [0.29, 0.717) is 0 Å². The Bertz CT molecular complexity index is 589. The Kier molecular flexibility index (Phi) is 10.6. The number of carboxylic acid groups (broad SMARTS) is 2. The van der Waals surface area contributed by atoms with E-state index in [4.69, 9.17) is 19.8 Å². The molecule has 2 saturated carbocycles. The van der Waals surface area contributed by atoms with Crippen molar-refractivity contribution in [3.05, 3.63) is 23.9 Å². The zero-order chi connectivity index (χ0) is 22.0. The second-order valence-electron chi connectivity index (χ2n) is 8.28. The van der Waals surface area contributed by atoms with Crippen molar-refractivity contribution in [2.45, 2.75) is 44.3 Å². The van der Waals surface area contributed by atoms with Crippen molar-refractivity contribution in [1.82, 2.24) is 14.8 Å². The predicted octanol–water partition coefficient (Wildman–Crippen LogP) is 2.10. The highest BCUT2D eigenvalue weighted by Crippen LogP contribution is 2.46. The lowest BCUT2D eigenvalue weighted by Gasteiger charge is -2.27. The van der Waals surface area contributed by atoms with E-state index in [-0.39, 0.29) is 12.9 Å². The number of fused-ring (bicyclic) bond motifs is 1. The number of anilines is 1. The van der Waals surface area contributed by atoms with E-state index >= 15 is 0 Å². The van der Waals surface area contributed by atoms with Crippen molar-refractivity contribution >= 4 is 18.8 Å². The summed E-state index contributed by atoms with van der Waals surface area (Å²) < 4.78 is 0. The van der Waals surface area contributed by atoms with Gasteiger partial charge in [0.25, 0.3) is 12.9 Å². The van der Waals surface area contributed by atoms with Crippen LogP contribution in [0.2, 0.25) is 0 Å². The van der Waals surface area contributed by atoms with Crippen molar-refractivity contribution in [3.63, 3.8) is 0 Å². The molecule has 0 bridgehead atoms. The summed E-state index contributed by atoms with van der Waals surface area (Å²) in [5, 5.41) is 13.8. The summed E-state index contributed by atoms with van der Waals surface area (Å²) >= 11 is 0. The normalized spacial score (nSPS) is 24.8. The standard InChI is InChI=1S/C19H32N4.2CH2O2/c1-21(2)17-8-15-10-18(11-16(15)9-17)23(5)13-14-6-7-19(20-12-14)22(3)4;2*2-1-3/h6-7,12,15-18H,8-11,13H2,1-5H3;2*1H,(H,2,3)/t15-,16+,17?,18?;;. The average Bonchev–Trinajstić information content (AvgIpc) is 3.23. The molecule has 0 spiro atoms. The number of pyridine rings is 1. The predicted molar refractivity (Wildman–Crippen MR) is 114 cm³/mol. The summed E-state index contributed by atoms with van der Waals surface area (Å²) in [6, 6.07) is 5.91. The fourth-order valence-corrected chi connectivity index (χ4v) is 4.53. The van der Waals surface area contributed by atoms with Crippen LogP contribution in [0.4, 0.5) is 5.82 Å². The fourth-order valence-electron chi connectivity index (χ4n) is 4.53. The van der Waals surface area contributed by atoms with Gasteiger partial charge in [0.1, 0.15) is 5.82 Å². The summed E-state index contributed by atoms with van der Waals surface area (Å²) in [5.41, 5.74) is 1.32. The Balaban J connectivity index is 0.000000626. The van der Waals surface area contributed by atoms with Crippen molar-refractivity contribution in [1.29, 1.82) is 0 Å². The molecule has 1 aromatic rings. The monoisotopic (exact) mass is 408 g/mol. The van der Waals surface area contributed by atoms with E-state index in [1.165, 1.54) is 31.2 Å². The molecule has 8 nitrogen and oxygen atoms in total. The van der Waals surface area contributed by atoms with Gasteiger partial charge < -0.3 is 20.0 Å². The summed E-state index contributed by atoms with van der Waals surface area (Å²) in [6.07, 6.45) is 7.61. The van der Waals surface area contributed by atoms with Crippen LogP contribution in [0, 0.1) is 11.8 Å². The topological polar surface area (TPSA) is 97.2 Å². The van der Waals surface area contributed by atoms with Gasteiger partial charge in [0.15, 0.2) is 0 Å². The Morgan fingerprint density at radius 3 is 1.79 bits per heavy atom. The molecule has 1 heterocycles. The number of hydrogen-bond acceptors (Lipinski definition) is 6. The minimum absolute atomic E-state index is 0.250. The first-order valence-electron chi connectivity index (χ1n) is 9.91. The zero-order valence-electron chi connectivity index (χ0n) is 18.2. The number of hydrogen-bond donors (Lipinski definition) is 2. The van der Waals surface area contributed by atoms with Crippen LogP contribution in [0.3, 0.4) is 0 Å². The van der Waals surface area contributed by atoms with Crippen LogP contribution in [0.15, 0.2) is 18.3 Å². The molecule has 29 heavy (non-hydrogen) atoms. The molecule has 2 aliphatic carbocycles. The van der Waals surface area contributed by atoms with Crippen LogP contribution < -0.4 is 4.90 Å². The molecule has 2 aliphatic rings. The molecule has 8 heteroatoms. The fraction of sp³-hybridized carbons (Fsp3) is 0.667. The largest absolute Gasteiger partial charge is 0.483 e. The number of rotatable bonds is 5. The Labute approximate surface area is 174 Å². The summed E-state index contributed by atoms with van der Waals surface area (Å²) in [7, 11) is 10.8. The summed E-state index contributed by atoms with van der Waals surface area (Å²) in [5.74, 6) is 2.93. The molecule has 2 unspecified atom stereocenters. The molecule has 0 saturated heterocycles. The third-order valence-electron chi connectivity index (χ3n) is 6.02. The van der Waals surface area contributed by atoms with Gasteiger partial charge in [-0.2, -0.15) is 0 Å².